The summed E-state index contributed by atoms with van der Waals surface area (Å²) in [6, 6.07) is 0. The third kappa shape index (κ3) is 4.17. The van der Waals surface area contributed by atoms with E-state index in [-0.39, 0.29) is 0 Å². The summed E-state index contributed by atoms with van der Waals surface area (Å²) in [4.78, 5) is 0. The van der Waals surface area contributed by atoms with Gasteiger partial charge in [0.2, 0.25) is 0 Å². The summed E-state index contributed by atoms with van der Waals surface area (Å²) >= 11 is 0. The third-order valence-corrected chi connectivity index (χ3v) is 4.39. The van der Waals surface area contributed by atoms with Crippen LogP contribution in [0.5, 0.6) is 0 Å². The van der Waals surface area contributed by atoms with Crippen LogP contribution in [-0.4, -0.2) is 0 Å². The van der Waals surface area contributed by atoms with Gasteiger partial charge in [-0.05, 0) is 30.1 Å². The van der Waals surface area contributed by atoms with Gasteiger partial charge >= 0.3 is 0 Å². The quantitative estimate of drug-likeness (QED) is 0.560. The standard InChI is InChI=1S/C15H30/c1-5-8-15(12(2)3)13(4)11-14-9-6-7-10-14/h12-15H,5-11H2,1-4H3. The molecule has 0 aromatic rings. The van der Waals surface area contributed by atoms with E-state index in [1.54, 1.807) is 0 Å². The molecule has 1 aliphatic carbocycles. The van der Waals surface area contributed by atoms with Crippen LogP contribution in [0.3, 0.4) is 0 Å². The molecule has 0 nitrogen and oxygen atoms in total. The Balaban J connectivity index is 2.36. The van der Waals surface area contributed by atoms with Gasteiger partial charge in [-0.1, -0.05) is 66.2 Å². The molecule has 0 aromatic carbocycles. The van der Waals surface area contributed by atoms with E-state index >= 15 is 0 Å². The maximum absolute atomic E-state index is 2.50. The molecule has 0 saturated heterocycles. The highest BCUT2D eigenvalue weighted by molar-refractivity contribution is 4.75. The maximum Gasteiger partial charge on any atom is -0.0365 e. The zero-order valence-corrected chi connectivity index (χ0v) is 11.3. The molecule has 2 unspecified atom stereocenters. The highest BCUT2D eigenvalue weighted by atomic mass is 14.3. The smallest absolute Gasteiger partial charge is 0.0365 e. The van der Waals surface area contributed by atoms with Crippen molar-refractivity contribution in [3.63, 3.8) is 0 Å². The topological polar surface area (TPSA) is 0 Å². The molecule has 1 saturated carbocycles. The molecule has 1 aliphatic rings. The van der Waals surface area contributed by atoms with Crippen molar-refractivity contribution in [2.45, 2.75) is 72.6 Å². The van der Waals surface area contributed by atoms with E-state index < -0.39 is 0 Å². The largest absolute Gasteiger partial charge is 0.0654 e. The van der Waals surface area contributed by atoms with Crippen molar-refractivity contribution in [3.05, 3.63) is 0 Å². The van der Waals surface area contributed by atoms with Gasteiger partial charge in [-0.2, -0.15) is 0 Å². The number of hydrogen-bond acceptors (Lipinski definition) is 0. The number of hydrogen-bond donors (Lipinski definition) is 0. The van der Waals surface area contributed by atoms with Crippen LogP contribution >= 0.6 is 0 Å². The van der Waals surface area contributed by atoms with Gasteiger partial charge < -0.3 is 0 Å². The lowest BCUT2D eigenvalue weighted by atomic mass is 9.77. The summed E-state index contributed by atoms with van der Waals surface area (Å²) < 4.78 is 0. The first kappa shape index (κ1) is 13.1. The van der Waals surface area contributed by atoms with E-state index in [4.69, 9.17) is 0 Å². The summed E-state index contributed by atoms with van der Waals surface area (Å²) in [5, 5.41) is 0. The average Bonchev–Trinajstić information content (AvgIpc) is 2.65. The lowest BCUT2D eigenvalue weighted by Gasteiger charge is -2.29. The average molecular weight is 210 g/mol. The SMILES string of the molecule is CCCC(C(C)C)C(C)CC1CCCC1. The maximum atomic E-state index is 2.50. The molecule has 0 heteroatoms. The van der Waals surface area contributed by atoms with Crippen molar-refractivity contribution < 1.29 is 0 Å². The minimum Gasteiger partial charge on any atom is -0.0654 e. The molecule has 0 bridgehead atoms. The van der Waals surface area contributed by atoms with Gasteiger partial charge in [0.05, 0.1) is 0 Å². The lowest BCUT2D eigenvalue weighted by molar-refractivity contribution is 0.214. The van der Waals surface area contributed by atoms with Crippen LogP contribution in [-0.2, 0) is 0 Å². The zero-order valence-electron chi connectivity index (χ0n) is 11.3. The lowest BCUT2D eigenvalue weighted by Crippen LogP contribution is -2.19. The molecule has 15 heavy (non-hydrogen) atoms. The zero-order chi connectivity index (χ0) is 11.3. The van der Waals surface area contributed by atoms with Gasteiger partial charge in [-0.3, -0.25) is 0 Å². The van der Waals surface area contributed by atoms with Gasteiger partial charge in [0.25, 0.3) is 0 Å². The van der Waals surface area contributed by atoms with Crippen molar-refractivity contribution >= 4 is 0 Å². The van der Waals surface area contributed by atoms with Crippen LogP contribution in [0.4, 0.5) is 0 Å². The normalized spacial score (nSPS) is 22.2. The molecule has 1 fully saturated rings. The van der Waals surface area contributed by atoms with E-state index in [2.05, 4.69) is 27.7 Å². The van der Waals surface area contributed by atoms with Crippen LogP contribution in [0.2, 0.25) is 0 Å². The molecule has 0 spiro atoms. The molecular weight excluding hydrogens is 180 g/mol. The minimum atomic E-state index is 0.876. The molecule has 0 aromatic heterocycles. The van der Waals surface area contributed by atoms with E-state index in [0.29, 0.717) is 0 Å². The molecule has 2 atom stereocenters. The van der Waals surface area contributed by atoms with Gasteiger partial charge in [0, 0.05) is 0 Å². The van der Waals surface area contributed by atoms with Gasteiger partial charge in [-0.15, -0.1) is 0 Å². The molecule has 0 aliphatic heterocycles. The third-order valence-electron chi connectivity index (χ3n) is 4.39. The predicted molar refractivity (Wildman–Crippen MR) is 69.0 cm³/mol. The van der Waals surface area contributed by atoms with Crippen LogP contribution in [0, 0.1) is 23.7 Å². The van der Waals surface area contributed by atoms with Crippen LogP contribution < -0.4 is 0 Å². The van der Waals surface area contributed by atoms with E-state index in [1.807, 2.05) is 0 Å². The van der Waals surface area contributed by atoms with Crippen molar-refractivity contribution in [3.8, 4) is 0 Å². The van der Waals surface area contributed by atoms with Crippen molar-refractivity contribution in [1.29, 1.82) is 0 Å². The van der Waals surface area contributed by atoms with Crippen LogP contribution in [0.25, 0.3) is 0 Å². The van der Waals surface area contributed by atoms with E-state index in [0.717, 1.165) is 23.7 Å². The van der Waals surface area contributed by atoms with E-state index in [9.17, 15) is 0 Å². The van der Waals surface area contributed by atoms with Gasteiger partial charge in [0.15, 0.2) is 0 Å². The van der Waals surface area contributed by atoms with Gasteiger partial charge in [0.1, 0.15) is 0 Å². The Bertz CT molecular complexity index is 153. The Morgan fingerprint density at radius 3 is 2.13 bits per heavy atom. The Hall–Kier alpha value is 0. The van der Waals surface area contributed by atoms with Crippen LogP contribution in [0.15, 0.2) is 0 Å². The summed E-state index contributed by atoms with van der Waals surface area (Å²) in [6.07, 6.45) is 10.3. The Morgan fingerprint density at radius 2 is 1.67 bits per heavy atom. The second-order valence-corrected chi connectivity index (χ2v) is 6.06. The second kappa shape index (κ2) is 6.55. The summed E-state index contributed by atoms with van der Waals surface area (Å²) in [6.45, 7) is 9.65. The molecule has 0 heterocycles. The molecule has 1 rings (SSSR count). The minimum absolute atomic E-state index is 0.876. The van der Waals surface area contributed by atoms with Crippen LogP contribution in [0.1, 0.15) is 72.6 Å². The highest BCUT2D eigenvalue weighted by Crippen LogP contribution is 2.36. The summed E-state index contributed by atoms with van der Waals surface area (Å²) in [5.74, 6) is 3.86. The Morgan fingerprint density at radius 1 is 1.07 bits per heavy atom. The Labute approximate surface area is 96.8 Å². The van der Waals surface area contributed by atoms with E-state index in [1.165, 1.54) is 44.9 Å². The van der Waals surface area contributed by atoms with Crippen molar-refractivity contribution in [2.75, 3.05) is 0 Å². The fraction of sp³-hybridized carbons (Fsp3) is 1.00. The summed E-state index contributed by atoms with van der Waals surface area (Å²) in [5.41, 5.74) is 0. The predicted octanol–water partition coefficient (Wildman–Crippen LogP) is 5.28. The highest BCUT2D eigenvalue weighted by Gasteiger charge is 2.24. The molecule has 0 amide bonds. The molecular formula is C15H30. The van der Waals surface area contributed by atoms with Gasteiger partial charge in [-0.25, -0.2) is 0 Å². The summed E-state index contributed by atoms with van der Waals surface area (Å²) in [7, 11) is 0. The second-order valence-electron chi connectivity index (χ2n) is 6.06. The fourth-order valence-corrected chi connectivity index (χ4v) is 3.55. The first-order valence-electron chi connectivity index (χ1n) is 7.15. The monoisotopic (exact) mass is 210 g/mol. The molecule has 0 N–H and O–H groups in total. The Kier molecular flexibility index (Phi) is 5.71. The first-order chi connectivity index (χ1) is 7.15. The molecule has 90 valence electrons. The number of rotatable bonds is 6. The first-order valence-corrected chi connectivity index (χ1v) is 7.15. The molecule has 0 radical (unpaired) electrons. The van der Waals surface area contributed by atoms with Crippen molar-refractivity contribution in [1.82, 2.24) is 0 Å². The van der Waals surface area contributed by atoms with Crippen molar-refractivity contribution in [2.24, 2.45) is 23.7 Å². The fourth-order valence-electron chi connectivity index (χ4n) is 3.55.